The number of amides is 1. The first kappa shape index (κ1) is 25.7. The number of nitrogens with two attached hydrogens (primary N) is 1. The summed E-state index contributed by atoms with van der Waals surface area (Å²) in [6, 6.07) is 7.57. The fourth-order valence-corrected chi connectivity index (χ4v) is 4.00. The van der Waals surface area contributed by atoms with Gasteiger partial charge in [-0.05, 0) is 62.1 Å². The zero-order valence-corrected chi connectivity index (χ0v) is 19.9. The highest BCUT2D eigenvalue weighted by Gasteiger charge is 2.35. The van der Waals surface area contributed by atoms with Gasteiger partial charge in [0, 0.05) is 6.54 Å². The monoisotopic (exact) mass is 516 g/mol. The number of hydrogen-bond acceptors (Lipinski definition) is 7. The van der Waals surface area contributed by atoms with Gasteiger partial charge in [0.1, 0.15) is 11.3 Å². The van der Waals surface area contributed by atoms with E-state index >= 15 is 0 Å². The molecule has 2 aromatic carbocycles. The Morgan fingerprint density at radius 2 is 1.76 bits per heavy atom. The van der Waals surface area contributed by atoms with Crippen LogP contribution in [0, 0.1) is 13.8 Å². The predicted molar refractivity (Wildman–Crippen MR) is 125 cm³/mol. The van der Waals surface area contributed by atoms with E-state index in [0.717, 1.165) is 23.3 Å². The zero-order valence-electron chi connectivity index (χ0n) is 19.9. The number of oxime groups is 1. The second-order valence-electron chi connectivity index (χ2n) is 8.37. The van der Waals surface area contributed by atoms with Crippen molar-refractivity contribution in [2.75, 3.05) is 6.54 Å². The maximum Gasteiger partial charge on any atom is 0.573 e. The van der Waals surface area contributed by atoms with Gasteiger partial charge in [-0.15, -0.1) is 13.2 Å². The molecule has 0 saturated carbocycles. The van der Waals surface area contributed by atoms with Gasteiger partial charge in [0.15, 0.2) is 5.84 Å². The van der Waals surface area contributed by atoms with Gasteiger partial charge in [0.25, 0.3) is 5.91 Å². The minimum absolute atomic E-state index is 0.170. The third-order valence-electron chi connectivity index (χ3n) is 5.90. The summed E-state index contributed by atoms with van der Waals surface area (Å²) in [5.74, 6) is -2.44. The number of aromatic nitrogens is 3. The van der Waals surface area contributed by atoms with Gasteiger partial charge >= 0.3 is 12.3 Å². The van der Waals surface area contributed by atoms with Gasteiger partial charge in [-0.25, -0.2) is 4.79 Å². The minimum Gasteiger partial charge on any atom is -0.405 e. The molecule has 0 aliphatic carbocycles. The number of aryl methyl sites for hydroxylation is 2. The molecule has 3 aromatic rings. The number of rotatable bonds is 6. The lowest BCUT2D eigenvalue weighted by Crippen LogP contribution is -2.44. The van der Waals surface area contributed by atoms with Crippen LogP contribution in [0.4, 0.5) is 13.2 Å². The molecule has 1 amide bonds. The van der Waals surface area contributed by atoms with Crippen LogP contribution in [0.2, 0.25) is 0 Å². The van der Waals surface area contributed by atoms with Crippen LogP contribution >= 0.6 is 0 Å². The molecule has 1 fully saturated rings. The molecule has 0 radical (unpaired) electrons. The van der Waals surface area contributed by atoms with Gasteiger partial charge in [0.05, 0.1) is 29.7 Å². The number of nitrogens with zero attached hydrogens (tertiary/aromatic N) is 5. The van der Waals surface area contributed by atoms with E-state index in [2.05, 4.69) is 20.1 Å². The maximum atomic E-state index is 13.6. The number of benzene rings is 2. The third-order valence-corrected chi connectivity index (χ3v) is 5.90. The first-order valence-corrected chi connectivity index (χ1v) is 11.2. The lowest BCUT2D eigenvalue weighted by atomic mass is 10.0. The van der Waals surface area contributed by atoms with Gasteiger partial charge in [-0.3, -0.25) is 4.79 Å². The molecule has 1 aliphatic rings. The van der Waals surface area contributed by atoms with E-state index in [4.69, 9.17) is 10.6 Å². The molecule has 37 heavy (non-hydrogen) atoms. The third kappa shape index (κ3) is 5.71. The Kier molecular flexibility index (Phi) is 7.14. The standard InChI is InChI=1S/C24H23F3N6O4/c1-14-12-17(19(13-15(14)2)33-29-9-10-30-33)22(34)32-11-5-7-18(32)21(28)31-37-23(35)16-6-3-4-8-20(16)36-24(25,26)27/h3-4,6,8-10,12-13,18H,5,7,11H2,1-2H3,(H2,28,31)/t18-/m0/s1. The first-order valence-electron chi connectivity index (χ1n) is 11.2. The highest BCUT2D eigenvalue weighted by Crippen LogP contribution is 2.28. The van der Waals surface area contributed by atoms with Gasteiger partial charge < -0.3 is 20.2 Å². The fourth-order valence-electron chi connectivity index (χ4n) is 4.00. The minimum atomic E-state index is -5.00. The Morgan fingerprint density at radius 1 is 1.08 bits per heavy atom. The summed E-state index contributed by atoms with van der Waals surface area (Å²) in [5, 5.41) is 11.9. The smallest absolute Gasteiger partial charge is 0.405 e. The summed E-state index contributed by atoms with van der Waals surface area (Å²) in [5.41, 5.74) is 8.28. The summed E-state index contributed by atoms with van der Waals surface area (Å²) < 4.78 is 41.8. The molecule has 0 unspecified atom stereocenters. The molecule has 2 heterocycles. The quantitative estimate of drug-likeness (QED) is 0.230. The summed E-state index contributed by atoms with van der Waals surface area (Å²) in [7, 11) is 0. The van der Waals surface area contributed by atoms with Crippen molar-refractivity contribution in [3.05, 3.63) is 71.0 Å². The molecular formula is C24H23F3N6O4. The molecule has 4 rings (SSSR count). The molecule has 1 saturated heterocycles. The maximum absolute atomic E-state index is 13.6. The average molecular weight is 516 g/mol. The molecule has 1 atom stereocenters. The molecule has 10 nitrogen and oxygen atoms in total. The van der Waals surface area contributed by atoms with E-state index in [-0.39, 0.29) is 11.7 Å². The first-order chi connectivity index (χ1) is 17.5. The van der Waals surface area contributed by atoms with Gasteiger partial charge in [-0.2, -0.15) is 15.0 Å². The number of likely N-dealkylation sites (tertiary alicyclic amines) is 1. The van der Waals surface area contributed by atoms with Crippen LogP contribution in [0.25, 0.3) is 5.69 Å². The van der Waals surface area contributed by atoms with Crippen LogP contribution in [-0.4, -0.2) is 56.6 Å². The Labute approximate surface area is 209 Å². The Balaban J connectivity index is 1.55. The molecule has 13 heteroatoms. The van der Waals surface area contributed by atoms with Crippen LogP contribution in [0.3, 0.4) is 0 Å². The lowest BCUT2D eigenvalue weighted by molar-refractivity contribution is -0.274. The normalized spacial score (nSPS) is 16.1. The second kappa shape index (κ2) is 10.3. The molecule has 2 N–H and O–H groups in total. The number of halogens is 3. The largest absolute Gasteiger partial charge is 0.573 e. The number of alkyl halides is 3. The van der Waals surface area contributed by atoms with E-state index in [1.807, 2.05) is 19.9 Å². The summed E-state index contributed by atoms with van der Waals surface area (Å²) in [6.45, 7) is 4.16. The van der Waals surface area contributed by atoms with Crippen molar-refractivity contribution in [2.24, 2.45) is 10.9 Å². The highest BCUT2D eigenvalue weighted by atomic mass is 19.4. The van der Waals surface area contributed by atoms with Gasteiger partial charge in [0.2, 0.25) is 0 Å². The van der Waals surface area contributed by atoms with Crippen LogP contribution in [0.5, 0.6) is 5.75 Å². The number of ether oxygens (including phenoxy) is 1. The molecule has 1 aromatic heterocycles. The number of para-hydroxylation sites is 1. The second-order valence-corrected chi connectivity index (χ2v) is 8.37. The number of carbonyl (C=O) groups excluding carboxylic acids is 2. The summed E-state index contributed by atoms with van der Waals surface area (Å²) >= 11 is 0. The molecule has 194 valence electrons. The van der Waals surface area contributed by atoms with Gasteiger partial charge in [-0.1, -0.05) is 17.3 Å². The van der Waals surface area contributed by atoms with Crippen LogP contribution < -0.4 is 10.5 Å². The number of amidine groups is 1. The predicted octanol–water partition coefficient (Wildman–Crippen LogP) is 3.52. The van der Waals surface area contributed by atoms with Crippen molar-refractivity contribution in [1.29, 1.82) is 0 Å². The topological polar surface area (TPSA) is 125 Å². The average Bonchev–Trinajstić information content (AvgIpc) is 3.55. The van der Waals surface area contributed by atoms with Crippen molar-refractivity contribution in [1.82, 2.24) is 19.9 Å². The number of carbonyl (C=O) groups is 2. The van der Waals surface area contributed by atoms with Crippen LogP contribution in [-0.2, 0) is 4.84 Å². The van der Waals surface area contributed by atoms with E-state index in [9.17, 15) is 22.8 Å². The van der Waals surface area contributed by atoms with Crippen LogP contribution in [0.15, 0.2) is 53.9 Å². The molecular weight excluding hydrogens is 493 g/mol. The lowest BCUT2D eigenvalue weighted by Gasteiger charge is -2.25. The Morgan fingerprint density at radius 3 is 2.46 bits per heavy atom. The van der Waals surface area contributed by atoms with Crippen molar-refractivity contribution < 1.29 is 32.3 Å². The van der Waals surface area contributed by atoms with E-state index < -0.39 is 29.7 Å². The number of hydrogen-bond donors (Lipinski definition) is 1. The van der Waals surface area contributed by atoms with E-state index in [1.54, 1.807) is 6.07 Å². The van der Waals surface area contributed by atoms with Crippen molar-refractivity contribution >= 4 is 17.7 Å². The van der Waals surface area contributed by atoms with Crippen molar-refractivity contribution in [2.45, 2.75) is 39.1 Å². The SMILES string of the molecule is Cc1cc(C(=O)N2CCC[C@H]2C(N)=NOC(=O)c2ccccc2OC(F)(F)F)c(-n2nccn2)cc1C. The fraction of sp³-hybridized carbons (Fsp3) is 0.292. The highest BCUT2D eigenvalue weighted by molar-refractivity contribution is 6.01. The Hall–Kier alpha value is -4.42. The summed E-state index contributed by atoms with van der Waals surface area (Å²) in [6.07, 6.45) is -0.935. The van der Waals surface area contributed by atoms with E-state index in [0.29, 0.717) is 30.6 Å². The molecule has 0 bridgehead atoms. The summed E-state index contributed by atoms with van der Waals surface area (Å²) in [4.78, 5) is 33.7. The Bertz CT molecular complexity index is 1340. The zero-order chi connectivity index (χ0) is 26.7. The molecule has 1 aliphatic heterocycles. The van der Waals surface area contributed by atoms with E-state index in [1.165, 1.54) is 34.2 Å². The molecule has 0 spiro atoms. The van der Waals surface area contributed by atoms with Crippen molar-refractivity contribution in [3.63, 3.8) is 0 Å². The van der Waals surface area contributed by atoms with Crippen LogP contribution in [0.1, 0.15) is 44.7 Å². The van der Waals surface area contributed by atoms with Crippen molar-refractivity contribution in [3.8, 4) is 11.4 Å².